The predicted molar refractivity (Wildman–Crippen MR) is 54.5 cm³/mol. The number of rotatable bonds is 4. The highest BCUT2D eigenvalue weighted by Gasteiger charge is 2.13. The van der Waals surface area contributed by atoms with E-state index in [1.165, 1.54) is 5.56 Å². The van der Waals surface area contributed by atoms with Crippen molar-refractivity contribution in [3.63, 3.8) is 0 Å². The van der Waals surface area contributed by atoms with Crippen LogP contribution in [-0.2, 0) is 4.84 Å². The summed E-state index contributed by atoms with van der Waals surface area (Å²) >= 11 is 0. The van der Waals surface area contributed by atoms with Crippen molar-refractivity contribution in [2.75, 3.05) is 7.05 Å². The van der Waals surface area contributed by atoms with Gasteiger partial charge < -0.3 is 0 Å². The summed E-state index contributed by atoms with van der Waals surface area (Å²) < 4.78 is 0. The van der Waals surface area contributed by atoms with Crippen molar-refractivity contribution in [1.29, 1.82) is 0 Å². The molecule has 1 aromatic rings. The molecule has 2 heteroatoms. The van der Waals surface area contributed by atoms with E-state index in [4.69, 9.17) is 4.84 Å². The van der Waals surface area contributed by atoms with Crippen LogP contribution in [0, 0.1) is 0 Å². The van der Waals surface area contributed by atoms with Gasteiger partial charge in [-0.15, -0.1) is 0 Å². The lowest BCUT2D eigenvalue weighted by Gasteiger charge is -2.19. The molecule has 1 rings (SSSR count). The van der Waals surface area contributed by atoms with Crippen molar-refractivity contribution in [2.45, 2.75) is 25.9 Å². The number of nitrogens with one attached hydrogen (secondary N) is 1. The Morgan fingerprint density at radius 1 is 1.15 bits per heavy atom. The zero-order valence-corrected chi connectivity index (χ0v) is 8.45. The highest BCUT2D eigenvalue weighted by Crippen LogP contribution is 2.19. The van der Waals surface area contributed by atoms with E-state index in [1.54, 1.807) is 7.05 Å². The fourth-order valence-corrected chi connectivity index (χ4v) is 1.32. The number of hydrogen-bond donors (Lipinski definition) is 1. The third-order valence-corrected chi connectivity index (χ3v) is 2.33. The Balaban J connectivity index is 2.62. The lowest BCUT2D eigenvalue weighted by atomic mass is 9.97. The van der Waals surface area contributed by atoms with E-state index in [1.807, 2.05) is 6.07 Å². The summed E-state index contributed by atoms with van der Waals surface area (Å²) in [5.41, 5.74) is 4.03. The first-order valence-electron chi connectivity index (χ1n) is 4.63. The highest BCUT2D eigenvalue weighted by atomic mass is 16.7. The molecule has 0 amide bonds. The van der Waals surface area contributed by atoms with Gasteiger partial charge in [-0.2, -0.15) is 0 Å². The standard InChI is InChI=1S/C11H17NO/c1-9(10(2)13-12-3)11-7-5-4-6-8-11/h4-10,12H,1-3H3. The Kier molecular flexibility index (Phi) is 3.93. The van der Waals surface area contributed by atoms with E-state index in [0.717, 1.165) is 0 Å². The summed E-state index contributed by atoms with van der Waals surface area (Å²) in [4.78, 5) is 5.31. The first-order valence-corrected chi connectivity index (χ1v) is 4.63. The second-order valence-corrected chi connectivity index (χ2v) is 3.23. The average Bonchev–Trinajstić information content (AvgIpc) is 2.18. The predicted octanol–water partition coefficient (Wildman–Crippen LogP) is 2.33. The van der Waals surface area contributed by atoms with Gasteiger partial charge in [-0.05, 0) is 12.5 Å². The zero-order valence-electron chi connectivity index (χ0n) is 8.45. The fourth-order valence-electron chi connectivity index (χ4n) is 1.32. The quantitative estimate of drug-likeness (QED) is 0.716. The average molecular weight is 179 g/mol. The molecule has 0 heterocycles. The summed E-state index contributed by atoms with van der Waals surface area (Å²) in [6.45, 7) is 4.23. The Morgan fingerprint density at radius 3 is 2.31 bits per heavy atom. The third-order valence-electron chi connectivity index (χ3n) is 2.33. The molecule has 0 fully saturated rings. The van der Waals surface area contributed by atoms with Gasteiger partial charge in [-0.25, -0.2) is 5.48 Å². The maximum absolute atomic E-state index is 5.31. The Hall–Kier alpha value is -0.860. The Labute approximate surface area is 79.9 Å². The SMILES string of the molecule is CNOC(C)C(C)c1ccccc1. The summed E-state index contributed by atoms with van der Waals surface area (Å²) in [5, 5.41) is 0. The van der Waals surface area contributed by atoms with Crippen LogP contribution in [0.15, 0.2) is 30.3 Å². The summed E-state index contributed by atoms with van der Waals surface area (Å²) in [5.74, 6) is 0.411. The van der Waals surface area contributed by atoms with Crippen molar-refractivity contribution in [1.82, 2.24) is 5.48 Å². The van der Waals surface area contributed by atoms with Gasteiger partial charge in [0.15, 0.2) is 0 Å². The summed E-state index contributed by atoms with van der Waals surface area (Å²) in [6, 6.07) is 10.4. The van der Waals surface area contributed by atoms with E-state index >= 15 is 0 Å². The van der Waals surface area contributed by atoms with Gasteiger partial charge >= 0.3 is 0 Å². The molecule has 0 bridgehead atoms. The molecule has 0 saturated heterocycles. The van der Waals surface area contributed by atoms with Gasteiger partial charge in [0, 0.05) is 13.0 Å². The van der Waals surface area contributed by atoms with E-state index in [0.29, 0.717) is 5.92 Å². The molecule has 2 atom stereocenters. The molecule has 0 aliphatic heterocycles. The fraction of sp³-hybridized carbons (Fsp3) is 0.455. The molecule has 0 aliphatic carbocycles. The molecular formula is C11H17NO. The molecule has 0 saturated carbocycles. The van der Waals surface area contributed by atoms with Crippen molar-refractivity contribution < 1.29 is 4.84 Å². The first-order chi connectivity index (χ1) is 6.25. The molecule has 1 aromatic carbocycles. The minimum Gasteiger partial charge on any atom is -0.298 e. The van der Waals surface area contributed by atoms with E-state index in [-0.39, 0.29) is 6.10 Å². The van der Waals surface area contributed by atoms with Gasteiger partial charge in [-0.1, -0.05) is 37.3 Å². The second kappa shape index (κ2) is 5.00. The topological polar surface area (TPSA) is 21.3 Å². The van der Waals surface area contributed by atoms with E-state index < -0.39 is 0 Å². The van der Waals surface area contributed by atoms with Crippen LogP contribution in [0.1, 0.15) is 25.3 Å². The third kappa shape index (κ3) is 2.83. The number of hydroxylamine groups is 1. The van der Waals surface area contributed by atoms with E-state index in [2.05, 4.69) is 43.6 Å². The number of benzene rings is 1. The van der Waals surface area contributed by atoms with Crippen LogP contribution in [0.25, 0.3) is 0 Å². The normalized spacial score (nSPS) is 15.3. The molecule has 0 aliphatic rings. The lowest BCUT2D eigenvalue weighted by molar-refractivity contribution is -0.0131. The van der Waals surface area contributed by atoms with Gasteiger partial charge in [0.2, 0.25) is 0 Å². The first kappa shape index (κ1) is 10.2. The smallest absolute Gasteiger partial charge is 0.0827 e. The van der Waals surface area contributed by atoms with Crippen LogP contribution in [0.3, 0.4) is 0 Å². The molecule has 0 radical (unpaired) electrons. The monoisotopic (exact) mass is 179 g/mol. The molecule has 13 heavy (non-hydrogen) atoms. The van der Waals surface area contributed by atoms with Crippen LogP contribution in [0.5, 0.6) is 0 Å². The summed E-state index contributed by atoms with van der Waals surface area (Å²) in [6.07, 6.45) is 0.187. The highest BCUT2D eigenvalue weighted by molar-refractivity contribution is 5.19. The van der Waals surface area contributed by atoms with Gasteiger partial charge in [0.25, 0.3) is 0 Å². The van der Waals surface area contributed by atoms with Crippen LogP contribution in [0.4, 0.5) is 0 Å². The second-order valence-electron chi connectivity index (χ2n) is 3.23. The van der Waals surface area contributed by atoms with Crippen molar-refractivity contribution >= 4 is 0 Å². The maximum Gasteiger partial charge on any atom is 0.0827 e. The molecular weight excluding hydrogens is 162 g/mol. The number of hydrogen-bond acceptors (Lipinski definition) is 2. The van der Waals surface area contributed by atoms with Crippen LogP contribution >= 0.6 is 0 Å². The molecule has 2 nitrogen and oxygen atoms in total. The maximum atomic E-state index is 5.31. The van der Waals surface area contributed by atoms with Crippen LogP contribution in [0.2, 0.25) is 0 Å². The lowest BCUT2D eigenvalue weighted by Crippen LogP contribution is -2.22. The van der Waals surface area contributed by atoms with Gasteiger partial charge in [0.05, 0.1) is 6.10 Å². The molecule has 0 spiro atoms. The Morgan fingerprint density at radius 2 is 1.77 bits per heavy atom. The van der Waals surface area contributed by atoms with Crippen LogP contribution < -0.4 is 5.48 Å². The van der Waals surface area contributed by atoms with Crippen LogP contribution in [-0.4, -0.2) is 13.2 Å². The largest absolute Gasteiger partial charge is 0.298 e. The molecule has 72 valence electrons. The van der Waals surface area contributed by atoms with Crippen molar-refractivity contribution in [2.24, 2.45) is 0 Å². The molecule has 1 N–H and O–H groups in total. The van der Waals surface area contributed by atoms with Gasteiger partial charge in [0.1, 0.15) is 0 Å². The van der Waals surface area contributed by atoms with Crippen molar-refractivity contribution in [3.05, 3.63) is 35.9 Å². The minimum atomic E-state index is 0.187. The Bertz CT molecular complexity index is 235. The minimum absolute atomic E-state index is 0.187. The molecule has 0 aromatic heterocycles. The summed E-state index contributed by atoms with van der Waals surface area (Å²) in [7, 11) is 1.79. The molecule has 2 unspecified atom stereocenters. The van der Waals surface area contributed by atoms with Gasteiger partial charge in [-0.3, -0.25) is 4.84 Å². The zero-order chi connectivity index (χ0) is 9.68. The van der Waals surface area contributed by atoms with Crippen molar-refractivity contribution in [3.8, 4) is 0 Å². The van der Waals surface area contributed by atoms with E-state index in [9.17, 15) is 0 Å².